The number of nitrogens with zero attached hydrogens (tertiary/aromatic N) is 2. The Balaban J connectivity index is 1.56. The van der Waals surface area contributed by atoms with Crippen LogP contribution in [0.4, 0.5) is 5.69 Å². The second-order valence-electron chi connectivity index (χ2n) is 5.80. The average Bonchev–Trinajstić information content (AvgIpc) is 3.09. The molecular weight excluding hydrogens is 308 g/mol. The van der Waals surface area contributed by atoms with E-state index in [-0.39, 0.29) is 0 Å². The van der Waals surface area contributed by atoms with E-state index in [2.05, 4.69) is 56.9 Å². The molecule has 0 spiro atoms. The number of hydrogen-bond acceptors (Lipinski definition) is 3. The lowest BCUT2D eigenvalue weighted by Crippen LogP contribution is -1.98. The Bertz CT molecular complexity index is 988. The highest BCUT2D eigenvalue weighted by Gasteiger charge is 2.04. The van der Waals surface area contributed by atoms with Gasteiger partial charge in [0.1, 0.15) is 0 Å². The number of anilines is 1. The Morgan fingerprint density at radius 3 is 2.64 bits per heavy atom. The van der Waals surface area contributed by atoms with E-state index in [1.807, 2.05) is 42.5 Å². The number of H-pyrrole nitrogens is 1. The van der Waals surface area contributed by atoms with Gasteiger partial charge < -0.3 is 5.32 Å². The molecule has 4 heteroatoms. The van der Waals surface area contributed by atoms with E-state index in [4.69, 9.17) is 0 Å². The lowest BCUT2D eigenvalue weighted by atomic mass is 10.1. The largest absolute Gasteiger partial charge is 0.381 e. The molecule has 0 bridgehead atoms. The van der Waals surface area contributed by atoms with Crippen molar-refractivity contribution in [2.24, 2.45) is 0 Å². The molecule has 4 aromatic rings. The molecule has 2 aromatic carbocycles. The van der Waals surface area contributed by atoms with Gasteiger partial charge in [-0.15, -0.1) is 0 Å². The summed E-state index contributed by atoms with van der Waals surface area (Å²) in [5, 5.41) is 12.0. The zero-order valence-corrected chi connectivity index (χ0v) is 13.7. The van der Waals surface area contributed by atoms with Gasteiger partial charge in [0.2, 0.25) is 0 Å². The Morgan fingerprint density at radius 1 is 0.920 bits per heavy atom. The summed E-state index contributed by atoms with van der Waals surface area (Å²) in [6.07, 6.45) is 5.75. The van der Waals surface area contributed by atoms with E-state index in [0.29, 0.717) is 0 Å². The van der Waals surface area contributed by atoms with Gasteiger partial charge >= 0.3 is 0 Å². The number of hydrogen-bond donors (Lipinski definition) is 2. The average molecular weight is 326 g/mol. The van der Waals surface area contributed by atoms with Gasteiger partial charge in [-0.1, -0.05) is 36.4 Å². The fourth-order valence-corrected chi connectivity index (χ4v) is 2.71. The fraction of sp³-hybridized carbons (Fsp3) is 0.0476. The van der Waals surface area contributed by atoms with E-state index in [9.17, 15) is 0 Å². The van der Waals surface area contributed by atoms with Crippen LogP contribution in [0.25, 0.3) is 23.1 Å². The third-order valence-corrected chi connectivity index (χ3v) is 4.03. The summed E-state index contributed by atoms with van der Waals surface area (Å²) >= 11 is 0. The standard InChI is InChI=1S/C21H18N4/c1-2-6-16(7-3-1)15-23-18-10-12-21-19(14-18)20(24-25-21)11-9-17-8-4-5-13-22-17/h1-14,23H,15H2,(H,24,25)/b11-9+. The van der Waals surface area contributed by atoms with Gasteiger partial charge in [-0.05, 0) is 48.0 Å². The molecule has 4 rings (SSSR count). The van der Waals surface area contributed by atoms with Gasteiger partial charge in [0.05, 0.1) is 16.9 Å². The van der Waals surface area contributed by atoms with Crippen LogP contribution >= 0.6 is 0 Å². The number of nitrogens with one attached hydrogen (secondary N) is 2. The highest BCUT2D eigenvalue weighted by Crippen LogP contribution is 2.22. The molecule has 0 fully saturated rings. The van der Waals surface area contributed by atoms with Crippen molar-refractivity contribution in [3.05, 3.63) is 89.9 Å². The van der Waals surface area contributed by atoms with Crippen LogP contribution in [0.15, 0.2) is 72.9 Å². The minimum Gasteiger partial charge on any atom is -0.381 e. The molecule has 0 saturated carbocycles. The molecule has 2 aromatic heterocycles. The quantitative estimate of drug-likeness (QED) is 0.557. The van der Waals surface area contributed by atoms with Gasteiger partial charge in [-0.2, -0.15) is 5.10 Å². The summed E-state index contributed by atoms with van der Waals surface area (Å²) < 4.78 is 0. The van der Waals surface area contributed by atoms with Crippen molar-refractivity contribution in [2.45, 2.75) is 6.54 Å². The Kier molecular flexibility index (Phi) is 4.25. The van der Waals surface area contributed by atoms with Crippen molar-refractivity contribution in [1.82, 2.24) is 15.2 Å². The molecule has 0 saturated heterocycles. The minimum absolute atomic E-state index is 0.795. The molecule has 0 radical (unpaired) electrons. The molecule has 0 atom stereocenters. The predicted molar refractivity (Wildman–Crippen MR) is 103 cm³/mol. The highest BCUT2D eigenvalue weighted by atomic mass is 15.1. The van der Waals surface area contributed by atoms with E-state index < -0.39 is 0 Å². The van der Waals surface area contributed by atoms with Gasteiger partial charge in [0.25, 0.3) is 0 Å². The number of benzene rings is 2. The summed E-state index contributed by atoms with van der Waals surface area (Å²) in [6, 6.07) is 22.5. The van der Waals surface area contributed by atoms with Gasteiger partial charge in [-0.25, -0.2) is 0 Å². The first-order chi connectivity index (χ1) is 12.4. The summed E-state index contributed by atoms with van der Waals surface area (Å²) in [7, 11) is 0. The second kappa shape index (κ2) is 7.01. The van der Waals surface area contributed by atoms with Crippen LogP contribution in [0.1, 0.15) is 17.0 Å². The number of rotatable bonds is 5. The number of fused-ring (bicyclic) bond motifs is 1. The predicted octanol–water partition coefficient (Wildman–Crippen LogP) is 4.74. The van der Waals surface area contributed by atoms with Crippen molar-refractivity contribution in [2.75, 3.05) is 5.32 Å². The van der Waals surface area contributed by atoms with E-state index in [1.165, 1.54) is 5.56 Å². The molecule has 122 valence electrons. The van der Waals surface area contributed by atoms with Crippen LogP contribution in [0.3, 0.4) is 0 Å². The van der Waals surface area contributed by atoms with Crippen LogP contribution in [-0.4, -0.2) is 15.2 Å². The van der Waals surface area contributed by atoms with Crippen molar-refractivity contribution in [3.8, 4) is 0 Å². The van der Waals surface area contributed by atoms with Crippen molar-refractivity contribution in [1.29, 1.82) is 0 Å². The summed E-state index contributed by atoms with van der Waals surface area (Å²) in [6.45, 7) is 0.795. The fourth-order valence-electron chi connectivity index (χ4n) is 2.71. The SMILES string of the molecule is C(=C\c1n[nH]c2ccc(NCc3ccccc3)cc12)/c1ccccn1. The molecule has 0 aliphatic carbocycles. The first kappa shape index (κ1) is 15.1. The lowest BCUT2D eigenvalue weighted by molar-refractivity contribution is 1.11. The number of aromatic amines is 1. The monoisotopic (exact) mass is 326 g/mol. The van der Waals surface area contributed by atoms with E-state index in [1.54, 1.807) is 6.20 Å². The maximum atomic E-state index is 4.40. The topological polar surface area (TPSA) is 53.6 Å². The van der Waals surface area contributed by atoms with E-state index in [0.717, 1.165) is 34.5 Å². The van der Waals surface area contributed by atoms with Gasteiger partial charge in [-0.3, -0.25) is 10.1 Å². The molecule has 25 heavy (non-hydrogen) atoms. The molecule has 0 aliphatic heterocycles. The zero-order chi connectivity index (χ0) is 16.9. The lowest BCUT2D eigenvalue weighted by Gasteiger charge is -2.06. The highest BCUT2D eigenvalue weighted by molar-refractivity contribution is 5.91. The van der Waals surface area contributed by atoms with Gasteiger partial charge in [0, 0.05) is 23.8 Å². The molecule has 4 nitrogen and oxygen atoms in total. The Labute approximate surface area is 146 Å². The van der Waals surface area contributed by atoms with Crippen LogP contribution in [-0.2, 0) is 6.54 Å². The molecule has 2 N–H and O–H groups in total. The maximum Gasteiger partial charge on any atom is 0.0928 e. The van der Waals surface area contributed by atoms with Crippen LogP contribution in [0.2, 0.25) is 0 Å². The van der Waals surface area contributed by atoms with Crippen molar-refractivity contribution in [3.63, 3.8) is 0 Å². The Morgan fingerprint density at radius 2 is 1.80 bits per heavy atom. The third kappa shape index (κ3) is 3.58. The summed E-state index contributed by atoms with van der Waals surface area (Å²) in [4.78, 5) is 4.30. The van der Waals surface area contributed by atoms with Crippen LogP contribution in [0, 0.1) is 0 Å². The normalized spacial score (nSPS) is 11.2. The maximum absolute atomic E-state index is 4.40. The summed E-state index contributed by atoms with van der Waals surface area (Å²) in [5.74, 6) is 0. The summed E-state index contributed by atoms with van der Waals surface area (Å²) in [5.41, 5.74) is 5.17. The van der Waals surface area contributed by atoms with E-state index >= 15 is 0 Å². The third-order valence-electron chi connectivity index (χ3n) is 4.03. The second-order valence-corrected chi connectivity index (χ2v) is 5.80. The van der Waals surface area contributed by atoms with Crippen molar-refractivity contribution >= 4 is 28.7 Å². The first-order valence-electron chi connectivity index (χ1n) is 8.23. The number of aromatic nitrogens is 3. The smallest absolute Gasteiger partial charge is 0.0928 e. The Hall–Kier alpha value is -3.40. The molecule has 0 amide bonds. The van der Waals surface area contributed by atoms with Gasteiger partial charge in [0.15, 0.2) is 0 Å². The zero-order valence-electron chi connectivity index (χ0n) is 13.7. The molecule has 0 aliphatic rings. The number of pyridine rings is 1. The van der Waals surface area contributed by atoms with Crippen LogP contribution < -0.4 is 5.32 Å². The minimum atomic E-state index is 0.795. The molecular formula is C21H18N4. The molecule has 0 unspecified atom stereocenters. The van der Waals surface area contributed by atoms with Crippen molar-refractivity contribution < 1.29 is 0 Å². The van der Waals surface area contributed by atoms with Crippen LogP contribution in [0.5, 0.6) is 0 Å². The first-order valence-corrected chi connectivity index (χ1v) is 8.23. The molecule has 2 heterocycles.